The highest BCUT2D eigenvalue weighted by Crippen LogP contribution is 2.41. The van der Waals surface area contributed by atoms with E-state index in [-0.39, 0.29) is 24.7 Å². The quantitative estimate of drug-likeness (QED) is 0.909. The molecule has 1 aromatic rings. The van der Waals surface area contributed by atoms with Gasteiger partial charge in [0.05, 0.1) is 12.7 Å². The molecule has 1 aliphatic heterocycles. The van der Waals surface area contributed by atoms with Crippen molar-refractivity contribution in [1.29, 1.82) is 0 Å². The third kappa shape index (κ3) is 3.37. The van der Waals surface area contributed by atoms with Crippen molar-refractivity contribution in [3.05, 3.63) is 29.8 Å². The van der Waals surface area contributed by atoms with Gasteiger partial charge in [0.25, 0.3) is 0 Å². The van der Waals surface area contributed by atoms with Crippen LogP contribution in [0.1, 0.15) is 50.0 Å². The van der Waals surface area contributed by atoms with Crippen molar-refractivity contribution in [2.75, 3.05) is 6.61 Å². The average Bonchev–Trinajstić information content (AvgIpc) is 2.47. The molecule has 2 aliphatic rings. The van der Waals surface area contributed by atoms with Crippen molar-refractivity contribution in [1.82, 2.24) is 0 Å². The molecule has 0 spiro atoms. The molecule has 4 heteroatoms. The van der Waals surface area contributed by atoms with Gasteiger partial charge in [-0.15, -0.1) is 0 Å². The highest BCUT2D eigenvalue weighted by Gasteiger charge is 2.38. The fourth-order valence-electron chi connectivity index (χ4n) is 3.59. The van der Waals surface area contributed by atoms with Gasteiger partial charge in [0.1, 0.15) is 5.75 Å². The Balaban J connectivity index is 1.62. The molecule has 0 aromatic heterocycles. The van der Waals surface area contributed by atoms with E-state index in [1.807, 2.05) is 24.3 Å². The van der Waals surface area contributed by atoms with Crippen LogP contribution in [-0.2, 0) is 0 Å². The van der Waals surface area contributed by atoms with E-state index in [1.54, 1.807) is 0 Å². The van der Waals surface area contributed by atoms with Crippen LogP contribution in [0.25, 0.3) is 0 Å². The molecule has 1 heterocycles. The number of aliphatic hydroxyl groups excluding tert-OH is 1. The zero-order valence-electron chi connectivity index (χ0n) is 12.1. The molecule has 1 aliphatic carbocycles. The Morgan fingerprint density at radius 3 is 2.67 bits per heavy atom. The van der Waals surface area contributed by atoms with Gasteiger partial charge in [-0.2, -0.15) is 0 Å². The van der Waals surface area contributed by atoms with Gasteiger partial charge in [0, 0.05) is 12.8 Å². The Labute approximate surface area is 124 Å². The van der Waals surface area contributed by atoms with E-state index in [0.717, 1.165) is 17.7 Å². The molecule has 2 unspecified atom stereocenters. The van der Waals surface area contributed by atoms with E-state index in [0.29, 0.717) is 25.9 Å². The maximum atomic E-state index is 13.2. The Kier molecular flexibility index (Phi) is 4.16. The Bertz CT molecular complexity index is 479. The summed E-state index contributed by atoms with van der Waals surface area (Å²) >= 11 is 0. The molecular weight excluding hydrogens is 274 g/mol. The van der Waals surface area contributed by atoms with Crippen LogP contribution < -0.4 is 4.74 Å². The summed E-state index contributed by atoms with van der Waals surface area (Å²) in [6.45, 7) is 0.664. The first kappa shape index (κ1) is 14.8. The van der Waals surface area contributed by atoms with Crippen molar-refractivity contribution < 1.29 is 18.6 Å². The molecule has 1 saturated carbocycles. The Morgan fingerprint density at radius 2 is 1.90 bits per heavy atom. The zero-order valence-corrected chi connectivity index (χ0v) is 12.1. The molecule has 116 valence electrons. The van der Waals surface area contributed by atoms with Crippen molar-refractivity contribution in [2.45, 2.75) is 56.5 Å². The third-order valence-corrected chi connectivity index (χ3v) is 4.91. The summed E-state index contributed by atoms with van der Waals surface area (Å²) in [5, 5.41) is 10.4. The molecule has 0 bridgehead atoms. The first-order chi connectivity index (χ1) is 10.1. The van der Waals surface area contributed by atoms with Crippen LogP contribution in [0.15, 0.2) is 24.3 Å². The summed E-state index contributed by atoms with van der Waals surface area (Å²) in [5.41, 5.74) is 1.14. The van der Waals surface area contributed by atoms with Gasteiger partial charge in [-0.3, -0.25) is 0 Å². The highest BCUT2D eigenvalue weighted by molar-refractivity contribution is 5.37. The predicted molar refractivity (Wildman–Crippen MR) is 76.8 cm³/mol. The van der Waals surface area contributed by atoms with Crippen molar-refractivity contribution in [3.63, 3.8) is 0 Å². The smallest absolute Gasteiger partial charge is 0.248 e. The summed E-state index contributed by atoms with van der Waals surface area (Å²) in [6.07, 6.45) is 1.74. The number of aliphatic hydroxyl groups is 1. The monoisotopic (exact) mass is 296 g/mol. The largest absolute Gasteiger partial charge is 0.493 e. The van der Waals surface area contributed by atoms with E-state index >= 15 is 0 Å². The van der Waals surface area contributed by atoms with Crippen LogP contribution in [0.3, 0.4) is 0 Å². The third-order valence-electron chi connectivity index (χ3n) is 4.91. The number of para-hydroxylation sites is 1. The van der Waals surface area contributed by atoms with Gasteiger partial charge < -0.3 is 9.84 Å². The SMILES string of the molecule is OC(CC1CCOc2ccccc21)C1CCC(F)(F)CC1. The first-order valence-corrected chi connectivity index (χ1v) is 7.83. The fraction of sp³-hybridized carbons (Fsp3) is 0.647. The number of hydrogen-bond donors (Lipinski definition) is 1. The minimum absolute atomic E-state index is 0.0135. The lowest BCUT2D eigenvalue weighted by Gasteiger charge is -2.34. The van der Waals surface area contributed by atoms with Crippen LogP contribution in [0.2, 0.25) is 0 Å². The minimum atomic E-state index is -2.53. The van der Waals surface area contributed by atoms with Crippen LogP contribution in [0, 0.1) is 5.92 Å². The molecule has 1 fully saturated rings. The predicted octanol–water partition coefficient (Wildman–Crippen LogP) is 4.13. The molecule has 0 amide bonds. The second kappa shape index (κ2) is 5.91. The molecule has 21 heavy (non-hydrogen) atoms. The summed E-state index contributed by atoms with van der Waals surface area (Å²) in [6, 6.07) is 7.92. The molecule has 3 rings (SSSR count). The standard InChI is InChI=1S/C17H22F2O2/c18-17(19)8-5-12(6-9-17)15(20)11-13-7-10-21-16-4-2-1-3-14(13)16/h1-4,12-13,15,20H,5-11H2. The van der Waals surface area contributed by atoms with Gasteiger partial charge in [0.2, 0.25) is 5.92 Å². The second-order valence-corrected chi connectivity index (χ2v) is 6.37. The van der Waals surface area contributed by atoms with Crippen molar-refractivity contribution >= 4 is 0 Å². The summed E-state index contributed by atoms with van der Waals surface area (Å²) in [7, 11) is 0. The van der Waals surface area contributed by atoms with Gasteiger partial charge in [0.15, 0.2) is 0 Å². The van der Waals surface area contributed by atoms with Gasteiger partial charge in [-0.1, -0.05) is 18.2 Å². The minimum Gasteiger partial charge on any atom is -0.493 e. The van der Waals surface area contributed by atoms with Crippen LogP contribution in [0.4, 0.5) is 8.78 Å². The lowest BCUT2D eigenvalue weighted by molar-refractivity contribution is -0.0639. The van der Waals surface area contributed by atoms with E-state index in [9.17, 15) is 13.9 Å². The zero-order chi connectivity index (χ0) is 14.9. The maximum Gasteiger partial charge on any atom is 0.248 e. The van der Waals surface area contributed by atoms with Gasteiger partial charge in [-0.25, -0.2) is 8.78 Å². The molecule has 2 atom stereocenters. The van der Waals surface area contributed by atoms with Crippen molar-refractivity contribution in [2.24, 2.45) is 5.92 Å². The highest BCUT2D eigenvalue weighted by atomic mass is 19.3. The number of rotatable bonds is 3. The van der Waals surface area contributed by atoms with Crippen LogP contribution in [0.5, 0.6) is 5.75 Å². The molecule has 0 radical (unpaired) electrons. The number of halogens is 2. The Hall–Kier alpha value is -1.16. The average molecular weight is 296 g/mol. The second-order valence-electron chi connectivity index (χ2n) is 6.37. The first-order valence-electron chi connectivity index (χ1n) is 7.83. The van der Waals surface area contributed by atoms with E-state index in [4.69, 9.17) is 4.74 Å². The molecule has 0 saturated heterocycles. The lowest BCUT2D eigenvalue weighted by atomic mass is 9.78. The molecule has 2 nitrogen and oxygen atoms in total. The molecular formula is C17H22F2O2. The van der Waals surface area contributed by atoms with Crippen molar-refractivity contribution in [3.8, 4) is 5.75 Å². The number of fused-ring (bicyclic) bond motifs is 1. The van der Waals surface area contributed by atoms with Crippen LogP contribution in [-0.4, -0.2) is 23.7 Å². The van der Waals surface area contributed by atoms with Gasteiger partial charge in [-0.05, 0) is 49.1 Å². The maximum absolute atomic E-state index is 13.2. The van der Waals surface area contributed by atoms with E-state index in [1.165, 1.54) is 0 Å². The fourth-order valence-corrected chi connectivity index (χ4v) is 3.59. The number of hydrogen-bond acceptors (Lipinski definition) is 2. The van der Waals surface area contributed by atoms with E-state index in [2.05, 4.69) is 0 Å². The van der Waals surface area contributed by atoms with Gasteiger partial charge >= 0.3 is 0 Å². The summed E-state index contributed by atoms with van der Waals surface area (Å²) in [5.74, 6) is -1.34. The Morgan fingerprint density at radius 1 is 1.19 bits per heavy atom. The normalized spacial score (nSPS) is 26.7. The number of ether oxygens (including phenoxy) is 1. The summed E-state index contributed by atoms with van der Waals surface area (Å²) in [4.78, 5) is 0. The summed E-state index contributed by atoms with van der Waals surface area (Å²) < 4.78 is 32.0. The molecule has 1 N–H and O–H groups in total. The van der Waals surface area contributed by atoms with Crippen LogP contribution >= 0.6 is 0 Å². The lowest BCUT2D eigenvalue weighted by Crippen LogP contribution is -2.32. The number of alkyl halides is 2. The molecule has 1 aromatic carbocycles. The topological polar surface area (TPSA) is 29.5 Å². The van der Waals surface area contributed by atoms with E-state index < -0.39 is 12.0 Å². The number of benzene rings is 1.